The molecule has 1 unspecified atom stereocenters. The molecular formula is C22H19N3O4S. The van der Waals surface area contributed by atoms with Crippen LogP contribution in [0.5, 0.6) is 5.75 Å². The first kappa shape index (κ1) is 19.7. The van der Waals surface area contributed by atoms with Gasteiger partial charge in [-0.2, -0.15) is 0 Å². The van der Waals surface area contributed by atoms with Crippen molar-refractivity contribution in [1.29, 1.82) is 0 Å². The average Bonchev–Trinajstić information content (AvgIpc) is 3.28. The normalized spacial score (nSPS) is 14.8. The highest BCUT2D eigenvalue weighted by Crippen LogP contribution is 2.32. The van der Waals surface area contributed by atoms with Gasteiger partial charge < -0.3 is 20.7 Å². The minimum atomic E-state index is -0.549. The predicted octanol–water partition coefficient (Wildman–Crippen LogP) is 3.65. The Labute approximate surface area is 177 Å². The van der Waals surface area contributed by atoms with Crippen LogP contribution in [-0.4, -0.2) is 23.8 Å². The van der Waals surface area contributed by atoms with E-state index in [0.717, 1.165) is 5.56 Å². The molecule has 2 heterocycles. The fourth-order valence-electron chi connectivity index (χ4n) is 2.94. The summed E-state index contributed by atoms with van der Waals surface area (Å²) >= 11 is 1.39. The topological polar surface area (TPSA) is 96.5 Å². The van der Waals surface area contributed by atoms with Crippen molar-refractivity contribution in [3.8, 4) is 5.75 Å². The zero-order valence-corrected chi connectivity index (χ0v) is 16.9. The third kappa shape index (κ3) is 4.33. The average molecular weight is 421 g/mol. The van der Waals surface area contributed by atoms with E-state index in [9.17, 15) is 14.4 Å². The molecule has 4 rings (SSSR count). The van der Waals surface area contributed by atoms with E-state index in [1.807, 2.05) is 11.4 Å². The molecule has 8 heteroatoms. The Balaban J connectivity index is 1.36. The van der Waals surface area contributed by atoms with Crippen molar-refractivity contribution in [2.24, 2.45) is 0 Å². The van der Waals surface area contributed by atoms with Gasteiger partial charge in [-0.15, -0.1) is 11.3 Å². The third-order valence-electron chi connectivity index (χ3n) is 4.58. The van der Waals surface area contributed by atoms with Crippen molar-refractivity contribution in [1.82, 2.24) is 5.32 Å². The fourth-order valence-corrected chi connectivity index (χ4v) is 3.58. The SMILES string of the molecule is CC1Oc2ccc(NC(=O)c3ccc(CNC(=O)c4cccs4)cc3)cc2NC1=O. The Morgan fingerprint density at radius 3 is 2.63 bits per heavy atom. The minimum Gasteiger partial charge on any atom is -0.479 e. The predicted molar refractivity (Wildman–Crippen MR) is 115 cm³/mol. The van der Waals surface area contributed by atoms with Gasteiger partial charge in [0, 0.05) is 17.8 Å². The summed E-state index contributed by atoms with van der Waals surface area (Å²) in [6, 6.07) is 15.7. The first-order chi connectivity index (χ1) is 14.5. The molecule has 2 aromatic carbocycles. The second kappa shape index (κ2) is 8.38. The maximum Gasteiger partial charge on any atom is 0.265 e. The molecule has 0 saturated carbocycles. The molecule has 0 radical (unpaired) electrons. The van der Waals surface area contributed by atoms with Crippen molar-refractivity contribution in [2.75, 3.05) is 10.6 Å². The summed E-state index contributed by atoms with van der Waals surface area (Å²) in [5, 5.41) is 10.3. The Morgan fingerprint density at radius 1 is 1.10 bits per heavy atom. The van der Waals surface area contributed by atoms with Crippen molar-refractivity contribution in [3.05, 3.63) is 76.0 Å². The Morgan fingerprint density at radius 2 is 1.90 bits per heavy atom. The molecule has 0 aliphatic carbocycles. The number of benzene rings is 2. The van der Waals surface area contributed by atoms with E-state index in [2.05, 4.69) is 16.0 Å². The number of nitrogens with one attached hydrogen (secondary N) is 3. The Hall–Kier alpha value is -3.65. The molecule has 30 heavy (non-hydrogen) atoms. The summed E-state index contributed by atoms with van der Waals surface area (Å²) < 4.78 is 5.51. The Bertz CT molecular complexity index is 1090. The summed E-state index contributed by atoms with van der Waals surface area (Å²) in [4.78, 5) is 36.9. The highest BCUT2D eigenvalue weighted by molar-refractivity contribution is 7.12. The Kier molecular flexibility index (Phi) is 5.49. The molecule has 3 aromatic rings. The molecule has 3 N–H and O–H groups in total. The molecule has 7 nitrogen and oxygen atoms in total. The van der Waals surface area contributed by atoms with Crippen LogP contribution in [0.2, 0.25) is 0 Å². The van der Waals surface area contributed by atoms with Gasteiger partial charge in [-0.05, 0) is 54.3 Å². The van der Waals surface area contributed by atoms with Gasteiger partial charge >= 0.3 is 0 Å². The van der Waals surface area contributed by atoms with Gasteiger partial charge in [0.1, 0.15) is 5.75 Å². The number of thiophene rings is 1. The van der Waals surface area contributed by atoms with E-state index in [0.29, 0.717) is 34.1 Å². The molecule has 1 aliphatic heterocycles. The number of anilines is 2. The smallest absolute Gasteiger partial charge is 0.265 e. The van der Waals surface area contributed by atoms with E-state index in [4.69, 9.17) is 4.74 Å². The second-order valence-electron chi connectivity index (χ2n) is 6.77. The van der Waals surface area contributed by atoms with Crippen LogP contribution >= 0.6 is 11.3 Å². The number of amides is 3. The molecule has 0 spiro atoms. The van der Waals surface area contributed by atoms with E-state index in [1.165, 1.54) is 11.3 Å². The van der Waals surface area contributed by atoms with Crippen LogP contribution in [-0.2, 0) is 11.3 Å². The van der Waals surface area contributed by atoms with Gasteiger partial charge in [0.25, 0.3) is 17.7 Å². The quantitative estimate of drug-likeness (QED) is 0.586. The van der Waals surface area contributed by atoms with Crippen molar-refractivity contribution < 1.29 is 19.1 Å². The van der Waals surface area contributed by atoms with Gasteiger partial charge in [0.15, 0.2) is 6.10 Å². The number of ether oxygens (including phenoxy) is 1. The maximum absolute atomic E-state index is 12.5. The van der Waals surface area contributed by atoms with Crippen LogP contribution in [0.25, 0.3) is 0 Å². The molecule has 0 saturated heterocycles. The maximum atomic E-state index is 12.5. The lowest BCUT2D eigenvalue weighted by Gasteiger charge is -2.23. The van der Waals surface area contributed by atoms with E-state index < -0.39 is 6.10 Å². The summed E-state index contributed by atoms with van der Waals surface area (Å²) in [6.07, 6.45) is -0.549. The lowest BCUT2D eigenvalue weighted by atomic mass is 10.1. The molecule has 1 aromatic heterocycles. The number of hydrogen-bond acceptors (Lipinski definition) is 5. The highest BCUT2D eigenvalue weighted by atomic mass is 32.1. The fraction of sp³-hybridized carbons (Fsp3) is 0.136. The van der Waals surface area contributed by atoms with Gasteiger partial charge in [0.2, 0.25) is 0 Å². The molecule has 152 valence electrons. The van der Waals surface area contributed by atoms with Crippen LogP contribution in [0.4, 0.5) is 11.4 Å². The van der Waals surface area contributed by atoms with E-state index >= 15 is 0 Å². The highest BCUT2D eigenvalue weighted by Gasteiger charge is 2.23. The van der Waals surface area contributed by atoms with Crippen LogP contribution in [0.1, 0.15) is 32.5 Å². The molecular weight excluding hydrogens is 402 g/mol. The van der Waals surface area contributed by atoms with Gasteiger partial charge in [-0.1, -0.05) is 18.2 Å². The minimum absolute atomic E-state index is 0.121. The lowest BCUT2D eigenvalue weighted by molar-refractivity contribution is -0.122. The molecule has 1 aliphatic rings. The summed E-state index contributed by atoms with van der Waals surface area (Å²) in [5.74, 6) is -0.0629. The summed E-state index contributed by atoms with van der Waals surface area (Å²) in [5.41, 5.74) is 2.44. The summed E-state index contributed by atoms with van der Waals surface area (Å²) in [7, 11) is 0. The summed E-state index contributed by atoms with van der Waals surface area (Å²) in [6.45, 7) is 2.05. The second-order valence-corrected chi connectivity index (χ2v) is 7.72. The number of fused-ring (bicyclic) bond motifs is 1. The monoisotopic (exact) mass is 421 g/mol. The number of rotatable bonds is 5. The first-order valence-corrected chi connectivity index (χ1v) is 10.2. The van der Waals surface area contributed by atoms with Crippen LogP contribution < -0.4 is 20.7 Å². The van der Waals surface area contributed by atoms with Crippen LogP contribution in [0.3, 0.4) is 0 Å². The largest absolute Gasteiger partial charge is 0.479 e. The standard InChI is InChI=1S/C22H19N3O4S/c1-13-20(26)25-17-11-16(8-9-18(17)29-13)24-21(27)15-6-4-14(5-7-15)12-23-22(28)19-3-2-10-30-19/h2-11,13H,12H2,1H3,(H,23,28)(H,24,27)(H,25,26). The van der Waals surface area contributed by atoms with Crippen LogP contribution in [0, 0.1) is 0 Å². The molecule has 1 atom stereocenters. The number of carbonyl (C=O) groups excluding carboxylic acids is 3. The van der Waals surface area contributed by atoms with Gasteiger partial charge in [-0.25, -0.2) is 0 Å². The van der Waals surface area contributed by atoms with Crippen molar-refractivity contribution in [3.63, 3.8) is 0 Å². The van der Waals surface area contributed by atoms with Crippen LogP contribution in [0.15, 0.2) is 60.0 Å². The first-order valence-electron chi connectivity index (χ1n) is 9.33. The van der Waals surface area contributed by atoms with Gasteiger partial charge in [0.05, 0.1) is 10.6 Å². The zero-order valence-electron chi connectivity index (χ0n) is 16.1. The van der Waals surface area contributed by atoms with Crippen molar-refractivity contribution >= 4 is 40.4 Å². The third-order valence-corrected chi connectivity index (χ3v) is 5.45. The number of hydrogen-bond donors (Lipinski definition) is 3. The van der Waals surface area contributed by atoms with E-state index in [1.54, 1.807) is 55.5 Å². The van der Waals surface area contributed by atoms with E-state index in [-0.39, 0.29) is 17.7 Å². The molecule has 0 fully saturated rings. The zero-order chi connectivity index (χ0) is 21.1. The molecule has 3 amide bonds. The lowest BCUT2D eigenvalue weighted by Crippen LogP contribution is -2.34. The molecule has 0 bridgehead atoms. The van der Waals surface area contributed by atoms with Gasteiger partial charge in [-0.3, -0.25) is 14.4 Å². The number of carbonyl (C=O) groups is 3. The van der Waals surface area contributed by atoms with Crippen molar-refractivity contribution in [2.45, 2.75) is 19.6 Å².